The molecular weight excluding hydrogens is 413 g/mol. The van der Waals surface area contributed by atoms with Crippen molar-refractivity contribution in [2.45, 2.75) is 6.10 Å². The van der Waals surface area contributed by atoms with Gasteiger partial charge in [0.1, 0.15) is 18.2 Å². The standard InChI is InChI=1S/C20H17ClFN5O3/c1-26-18(28)9-16(15-4-5-23-11-24-15)25-20(26)27-6-7-30-17(10-27)19(29)12-2-3-14(22)13(21)8-12/h2-5,8-9,11,17H,6-7,10H2,1H3. The number of ketones is 1. The zero-order chi connectivity index (χ0) is 21.3. The summed E-state index contributed by atoms with van der Waals surface area (Å²) >= 11 is 5.80. The first kappa shape index (κ1) is 20.1. The Morgan fingerprint density at radius 3 is 2.83 bits per heavy atom. The first-order chi connectivity index (χ1) is 14.4. The number of hydrogen-bond donors (Lipinski definition) is 0. The van der Waals surface area contributed by atoms with Crippen molar-refractivity contribution in [2.24, 2.45) is 7.05 Å². The summed E-state index contributed by atoms with van der Waals surface area (Å²) in [5.41, 5.74) is 0.930. The van der Waals surface area contributed by atoms with E-state index in [2.05, 4.69) is 15.0 Å². The second-order valence-corrected chi connectivity index (χ2v) is 7.14. The molecule has 1 unspecified atom stereocenters. The molecule has 154 valence electrons. The lowest BCUT2D eigenvalue weighted by atomic mass is 10.0. The van der Waals surface area contributed by atoms with Gasteiger partial charge in [0, 0.05) is 31.4 Å². The van der Waals surface area contributed by atoms with E-state index in [9.17, 15) is 14.0 Å². The zero-order valence-electron chi connectivity index (χ0n) is 16.0. The van der Waals surface area contributed by atoms with E-state index in [0.29, 0.717) is 23.9 Å². The summed E-state index contributed by atoms with van der Waals surface area (Å²) in [4.78, 5) is 39.7. The number of carbonyl (C=O) groups is 1. The number of rotatable bonds is 4. The van der Waals surface area contributed by atoms with Gasteiger partial charge < -0.3 is 9.64 Å². The van der Waals surface area contributed by atoms with Gasteiger partial charge in [-0.05, 0) is 24.3 Å². The number of nitrogens with zero attached hydrogens (tertiary/aromatic N) is 5. The van der Waals surface area contributed by atoms with Crippen LogP contribution in [-0.2, 0) is 11.8 Å². The maximum Gasteiger partial charge on any atom is 0.255 e. The lowest BCUT2D eigenvalue weighted by Crippen LogP contribution is -2.48. The Morgan fingerprint density at radius 1 is 1.27 bits per heavy atom. The normalized spacial score (nSPS) is 16.5. The van der Waals surface area contributed by atoms with Crippen molar-refractivity contribution in [1.82, 2.24) is 19.5 Å². The average molecular weight is 430 g/mol. The zero-order valence-corrected chi connectivity index (χ0v) is 16.7. The van der Waals surface area contributed by atoms with E-state index in [4.69, 9.17) is 16.3 Å². The number of ether oxygens (including phenoxy) is 1. The van der Waals surface area contributed by atoms with Crippen LogP contribution in [-0.4, -0.2) is 51.1 Å². The molecule has 10 heteroatoms. The van der Waals surface area contributed by atoms with Gasteiger partial charge in [0.05, 0.1) is 29.6 Å². The first-order valence-corrected chi connectivity index (χ1v) is 9.52. The molecule has 1 aromatic carbocycles. The molecule has 1 saturated heterocycles. The number of halogens is 2. The number of carbonyl (C=O) groups excluding carboxylic acids is 1. The summed E-state index contributed by atoms with van der Waals surface area (Å²) in [6.07, 6.45) is 2.14. The van der Waals surface area contributed by atoms with Gasteiger partial charge >= 0.3 is 0 Å². The second kappa shape index (κ2) is 8.29. The minimum atomic E-state index is -0.806. The molecule has 0 amide bonds. The molecule has 1 atom stereocenters. The molecule has 0 bridgehead atoms. The second-order valence-electron chi connectivity index (χ2n) is 6.73. The Bertz CT molecular complexity index is 1150. The predicted octanol–water partition coefficient (Wildman–Crippen LogP) is 2.12. The molecule has 0 aliphatic carbocycles. The van der Waals surface area contributed by atoms with Crippen LogP contribution in [0.2, 0.25) is 5.02 Å². The van der Waals surface area contributed by atoms with Crippen molar-refractivity contribution in [3.8, 4) is 11.4 Å². The molecule has 0 N–H and O–H groups in total. The SMILES string of the molecule is Cn1c(N2CCOC(C(=O)c3ccc(F)c(Cl)c3)C2)nc(-c2ccncn2)cc1=O. The highest BCUT2D eigenvalue weighted by Crippen LogP contribution is 2.22. The molecule has 1 aliphatic heterocycles. The van der Waals surface area contributed by atoms with Crippen LogP contribution in [0.5, 0.6) is 0 Å². The van der Waals surface area contributed by atoms with Gasteiger partial charge in [0.15, 0.2) is 5.78 Å². The van der Waals surface area contributed by atoms with Gasteiger partial charge in [-0.1, -0.05) is 11.6 Å². The topological polar surface area (TPSA) is 90.2 Å². The van der Waals surface area contributed by atoms with Crippen LogP contribution in [0.3, 0.4) is 0 Å². The largest absolute Gasteiger partial charge is 0.366 e. The fourth-order valence-electron chi connectivity index (χ4n) is 3.21. The minimum Gasteiger partial charge on any atom is -0.366 e. The predicted molar refractivity (Wildman–Crippen MR) is 108 cm³/mol. The highest BCUT2D eigenvalue weighted by atomic mass is 35.5. The summed E-state index contributed by atoms with van der Waals surface area (Å²) < 4.78 is 20.5. The molecule has 0 radical (unpaired) electrons. The molecule has 3 aromatic rings. The van der Waals surface area contributed by atoms with E-state index in [-0.39, 0.29) is 35.1 Å². The number of anilines is 1. The van der Waals surface area contributed by atoms with Crippen LogP contribution < -0.4 is 10.5 Å². The Hall–Kier alpha value is -3.17. The summed E-state index contributed by atoms with van der Waals surface area (Å²) in [7, 11) is 1.61. The van der Waals surface area contributed by atoms with Gasteiger partial charge in [-0.25, -0.2) is 19.3 Å². The molecule has 8 nitrogen and oxygen atoms in total. The molecule has 1 fully saturated rings. The summed E-state index contributed by atoms with van der Waals surface area (Å²) in [6.45, 7) is 0.891. The molecule has 4 rings (SSSR count). The molecule has 0 saturated carbocycles. The van der Waals surface area contributed by atoms with E-state index in [1.165, 1.54) is 29.1 Å². The summed E-state index contributed by atoms with van der Waals surface area (Å²) in [5, 5.41) is -0.130. The third-order valence-corrected chi connectivity index (χ3v) is 5.09. The quantitative estimate of drug-likeness (QED) is 0.587. The van der Waals surface area contributed by atoms with Crippen molar-refractivity contribution < 1.29 is 13.9 Å². The summed E-state index contributed by atoms with van der Waals surface area (Å²) in [5.74, 6) is -0.520. The number of Topliss-reactive ketones (excluding diaryl/α,β-unsaturated/α-hetero) is 1. The van der Waals surface area contributed by atoms with E-state index in [1.807, 2.05) is 4.90 Å². The van der Waals surface area contributed by atoms with Crippen molar-refractivity contribution in [2.75, 3.05) is 24.6 Å². The third-order valence-electron chi connectivity index (χ3n) is 4.80. The molecule has 1 aliphatic rings. The fourth-order valence-corrected chi connectivity index (χ4v) is 3.39. The molecule has 3 heterocycles. The Labute approximate surface area is 175 Å². The lowest BCUT2D eigenvalue weighted by molar-refractivity contribution is 0.0336. The number of benzene rings is 1. The van der Waals surface area contributed by atoms with Gasteiger partial charge in [0.25, 0.3) is 5.56 Å². The Morgan fingerprint density at radius 2 is 2.10 bits per heavy atom. The van der Waals surface area contributed by atoms with Crippen molar-refractivity contribution >= 4 is 23.3 Å². The van der Waals surface area contributed by atoms with E-state index >= 15 is 0 Å². The fraction of sp³-hybridized carbons (Fsp3) is 0.250. The Balaban J connectivity index is 1.63. The van der Waals surface area contributed by atoms with Gasteiger partial charge in [-0.3, -0.25) is 14.2 Å². The number of morpholine rings is 1. The van der Waals surface area contributed by atoms with Crippen LogP contribution in [0, 0.1) is 5.82 Å². The lowest BCUT2D eigenvalue weighted by Gasteiger charge is -2.33. The molecule has 2 aromatic heterocycles. The molecule has 30 heavy (non-hydrogen) atoms. The third kappa shape index (κ3) is 3.94. The van der Waals surface area contributed by atoms with Crippen LogP contribution in [0.25, 0.3) is 11.4 Å². The molecule has 0 spiro atoms. The number of hydrogen-bond acceptors (Lipinski definition) is 7. The van der Waals surface area contributed by atoms with Crippen molar-refractivity contribution in [1.29, 1.82) is 0 Å². The Kier molecular flexibility index (Phi) is 5.56. The maximum absolute atomic E-state index is 13.4. The minimum absolute atomic E-state index is 0.130. The highest BCUT2D eigenvalue weighted by Gasteiger charge is 2.30. The van der Waals surface area contributed by atoms with Gasteiger partial charge in [-0.2, -0.15) is 0 Å². The van der Waals surface area contributed by atoms with Crippen LogP contribution in [0.4, 0.5) is 10.3 Å². The van der Waals surface area contributed by atoms with Gasteiger partial charge in [-0.15, -0.1) is 0 Å². The smallest absolute Gasteiger partial charge is 0.255 e. The van der Waals surface area contributed by atoms with Crippen LogP contribution in [0.1, 0.15) is 10.4 Å². The van der Waals surface area contributed by atoms with E-state index in [0.717, 1.165) is 6.07 Å². The van der Waals surface area contributed by atoms with E-state index < -0.39 is 11.9 Å². The summed E-state index contributed by atoms with van der Waals surface area (Å²) in [6, 6.07) is 6.86. The number of aromatic nitrogens is 4. The van der Waals surface area contributed by atoms with Crippen molar-refractivity contribution in [3.05, 3.63) is 69.6 Å². The van der Waals surface area contributed by atoms with Gasteiger partial charge in [0.2, 0.25) is 5.95 Å². The monoisotopic (exact) mass is 429 g/mol. The van der Waals surface area contributed by atoms with Crippen LogP contribution >= 0.6 is 11.6 Å². The van der Waals surface area contributed by atoms with Crippen LogP contribution in [0.15, 0.2) is 47.7 Å². The average Bonchev–Trinajstić information content (AvgIpc) is 2.77. The highest BCUT2D eigenvalue weighted by molar-refractivity contribution is 6.31. The van der Waals surface area contributed by atoms with E-state index in [1.54, 1.807) is 19.3 Å². The molecular formula is C20H17ClFN5O3. The first-order valence-electron chi connectivity index (χ1n) is 9.14. The maximum atomic E-state index is 13.4. The van der Waals surface area contributed by atoms with Crippen molar-refractivity contribution in [3.63, 3.8) is 0 Å².